The van der Waals surface area contributed by atoms with Crippen molar-refractivity contribution in [3.8, 4) is 0 Å². The van der Waals surface area contributed by atoms with Gasteiger partial charge >= 0.3 is 0 Å². The normalized spacial score (nSPS) is 18.6. The third-order valence-corrected chi connectivity index (χ3v) is 3.35. The highest BCUT2D eigenvalue weighted by Crippen LogP contribution is 2.21. The first-order valence-corrected chi connectivity index (χ1v) is 7.01. The number of carbonyl (C=O) groups excluding carboxylic acids is 1. The summed E-state index contributed by atoms with van der Waals surface area (Å²) >= 11 is 0. The Morgan fingerprint density at radius 3 is 3.11 bits per heavy atom. The summed E-state index contributed by atoms with van der Waals surface area (Å²) in [5.74, 6) is 0.0707. The minimum Gasteiger partial charge on any atom is -0.382 e. The van der Waals surface area contributed by atoms with Crippen molar-refractivity contribution in [3.63, 3.8) is 0 Å². The van der Waals surface area contributed by atoms with Crippen molar-refractivity contribution in [1.82, 2.24) is 5.32 Å². The van der Waals surface area contributed by atoms with Crippen LogP contribution >= 0.6 is 0 Å². The molecule has 1 amide bonds. The quantitative estimate of drug-likeness (QED) is 0.771. The van der Waals surface area contributed by atoms with Gasteiger partial charge in [-0.05, 0) is 44.4 Å². The summed E-state index contributed by atoms with van der Waals surface area (Å²) in [7, 11) is 0. The predicted molar refractivity (Wildman–Crippen MR) is 76.3 cm³/mol. The second kappa shape index (κ2) is 7.26. The number of carbonyl (C=O) groups is 1. The molecule has 0 spiro atoms. The Labute approximate surface area is 114 Å². The van der Waals surface area contributed by atoms with Crippen molar-refractivity contribution in [3.05, 3.63) is 29.8 Å². The van der Waals surface area contributed by atoms with Gasteiger partial charge in [0, 0.05) is 18.9 Å². The Kier molecular flexibility index (Phi) is 5.36. The lowest BCUT2D eigenvalue weighted by molar-refractivity contribution is -0.118. The van der Waals surface area contributed by atoms with Crippen molar-refractivity contribution < 1.29 is 9.53 Å². The molecule has 1 aromatic rings. The zero-order valence-electron chi connectivity index (χ0n) is 11.4. The van der Waals surface area contributed by atoms with Gasteiger partial charge in [-0.1, -0.05) is 18.2 Å². The number of para-hydroxylation sites is 1. The van der Waals surface area contributed by atoms with Crippen LogP contribution in [0.4, 0.5) is 5.69 Å². The van der Waals surface area contributed by atoms with Gasteiger partial charge in [0.05, 0.1) is 6.04 Å². The Bertz CT molecular complexity index is 420. The van der Waals surface area contributed by atoms with E-state index in [4.69, 9.17) is 4.74 Å². The molecule has 1 aromatic carbocycles. The predicted octanol–water partition coefficient (Wildman–Crippen LogP) is 1.96. The summed E-state index contributed by atoms with van der Waals surface area (Å²) in [6.45, 7) is 4.30. The maximum absolute atomic E-state index is 12.1. The van der Waals surface area contributed by atoms with Gasteiger partial charge in [-0.15, -0.1) is 0 Å². The largest absolute Gasteiger partial charge is 0.382 e. The molecular formula is C15H22N2O2. The van der Waals surface area contributed by atoms with Gasteiger partial charge < -0.3 is 15.4 Å². The third kappa shape index (κ3) is 4.04. The van der Waals surface area contributed by atoms with Crippen LogP contribution in [0.25, 0.3) is 0 Å². The number of fused-ring (bicyclic) bond motifs is 1. The number of nitrogens with one attached hydrogen (secondary N) is 2. The summed E-state index contributed by atoms with van der Waals surface area (Å²) in [6, 6.07) is 7.90. The van der Waals surface area contributed by atoms with Crippen LogP contribution in [0, 0.1) is 0 Å². The number of amides is 1. The molecular weight excluding hydrogens is 240 g/mol. The molecule has 0 fully saturated rings. The number of hydrogen-bond acceptors (Lipinski definition) is 3. The molecule has 0 saturated heterocycles. The van der Waals surface area contributed by atoms with Crippen molar-refractivity contribution in [2.45, 2.75) is 32.2 Å². The maximum Gasteiger partial charge on any atom is 0.241 e. The molecule has 1 heterocycles. The molecule has 1 aliphatic heterocycles. The smallest absolute Gasteiger partial charge is 0.241 e. The van der Waals surface area contributed by atoms with Crippen LogP contribution in [-0.2, 0) is 16.0 Å². The Hall–Kier alpha value is -1.39. The van der Waals surface area contributed by atoms with Crippen LogP contribution in [0.1, 0.15) is 25.3 Å². The number of ether oxygens (including phenoxy) is 1. The molecule has 1 aliphatic rings. The van der Waals surface area contributed by atoms with E-state index in [2.05, 4.69) is 16.7 Å². The van der Waals surface area contributed by atoms with E-state index in [1.54, 1.807) is 0 Å². The topological polar surface area (TPSA) is 50.4 Å². The van der Waals surface area contributed by atoms with Crippen molar-refractivity contribution in [1.29, 1.82) is 0 Å². The Morgan fingerprint density at radius 1 is 1.42 bits per heavy atom. The number of hydrogen-bond donors (Lipinski definition) is 2. The van der Waals surface area contributed by atoms with E-state index in [1.807, 2.05) is 25.1 Å². The molecule has 4 nitrogen and oxygen atoms in total. The molecule has 0 aliphatic carbocycles. The summed E-state index contributed by atoms with van der Waals surface area (Å²) in [4.78, 5) is 12.1. The van der Waals surface area contributed by atoms with Crippen LogP contribution in [-0.4, -0.2) is 31.7 Å². The van der Waals surface area contributed by atoms with E-state index in [-0.39, 0.29) is 11.9 Å². The van der Waals surface area contributed by atoms with Crippen LogP contribution in [0.15, 0.2) is 24.3 Å². The van der Waals surface area contributed by atoms with Gasteiger partial charge in [-0.2, -0.15) is 0 Å². The zero-order chi connectivity index (χ0) is 13.5. The van der Waals surface area contributed by atoms with Crippen molar-refractivity contribution >= 4 is 11.6 Å². The maximum atomic E-state index is 12.1. The lowest BCUT2D eigenvalue weighted by atomic mass is 10.1. The summed E-state index contributed by atoms with van der Waals surface area (Å²) < 4.78 is 5.28. The van der Waals surface area contributed by atoms with E-state index in [0.29, 0.717) is 0 Å². The summed E-state index contributed by atoms with van der Waals surface area (Å²) in [5.41, 5.74) is 2.17. The van der Waals surface area contributed by atoms with Crippen molar-refractivity contribution in [2.24, 2.45) is 0 Å². The fraction of sp³-hybridized carbons (Fsp3) is 0.533. The first kappa shape index (κ1) is 14.0. The Balaban J connectivity index is 1.83. The Morgan fingerprint density at radius 2 is 2.26 bits per heavy atom. The van der Waals surface area contributed by atoms with Gasteiger partial charge in [0.1, 0.15) is 0 Å². The second-order valence-electron chi connectivity index (χ2n) is 4.74. The lowest BCUT2D eigenvalue weighted by Crippen LogP contribution is -2.40. The highest BCUT2D eigenvalue weighted by atomic mass is 16.5. The number of aryl methyl sites for hydroxylation is 1. The fourth-order valence-corrected chi connectivity index (χ4v) is 2.30. The van der Waals surface area contributed by atoms with E-state index in [9.17, 15) is 4.79 Å². The third-order valence-electron chi connectivity index (χ3n) is 3.35. The molecule has 2 rings (SSSR count). The number of anilines is 1. The number of benzene rings is 1. The molecule has 0 aromatic heterocycles. The van der Waals surface area contributed by atoms with Crippen LogP contribution in [0.3, 0.4) is 0 Å². The molecule has 0 bridgehead atoms. The highest BCUT2D eigenvalue weighted by molar-refractivity contribution is 5.96. The molecule has 0 saturated carbocycles. The van der Waals surface area contributed by atoms with Gasteiger partial charge in [0.2, 0.25) is 5.91 Å². The van der Waals surface area contributed by atoms with E-state index >= 15 is 0 Å². The first-order valence-electron chi connectivity index (χ1n) is 7.01. The van der Waals surface area contributed by atoms with E-state index < -0.39 is 0 Å². The van der Waals surface area contributed by atoms with Crippen molar-refractivity contribution in [2.75, 3.05) is 25.1 Å². The van der Waals surface area contributed by atoms with E-state index in [1.165, 1.54) is 5.56 Å². The minimum absolute atomic E-state index is 0.0707. The molecule has 104 valence electrons. The van der Waals surface area contributed by atoms with Crippen LogP contribution in [0.2, 0.25) is 0 Å². The minimum atomic E-state index is -0.103. The van der Waals surface area contributed by atoms with Gasteiger partial charge in [0.15, 0.2) is 0 Å². The molecule has 2 N–H and O–H groups in total. The highest BCUT2D eigenvalue weighted by Gasteiger charge is 2.22. The van der Waals surface area contributed by atoms with Gasteiger partial charge in [0.25, 0.3) is 0 Å². The summed E-state index contributed by atoms with van der Waals surface area (Å²) in [5, 5.41) is 6.30. The second-order valence-corrected chi connectivity index (χ2v) is 4.74. The molecule has 1 atom stereocenters. The average Bonchev–Trinajstić information content (AvgIpc) is 2.58. The molecule has 1 unspecified atom stereocenters. The summed E-state index contributed by atoms with van der Waals surface area (Å²) in [6.07, 6.45) is 2.71. The van der Waals surface area contributed by atoms with Crippen LogP contribution in [0.5, 0.6) is 0 Å². The number of rotatable bonds is 6. The standard InChI is InChI=1S/C15H22N2O2/c1-2-19-11-5-10-16-14-9-8-12-6-3-4-7-13(12)17-15(14)18/h3-4,6-7,14,16H,2,5,8-11H2,1H3,(H,17,18). The first-order chi connectivity index (χ1) is 9.31. The monoisotopic (exact) mass is 262 g/mol. The average molecular weight is 262 g/mol. The zero-order valence-corrected chi connectivity index (χ0v) is 11.4. The van der Waals surface area contributed by atoms with Gasteiger partial charge in [-0.25, -0.2) is 0 Å². The van der Waals surface area contributed by atoms with Gasteiger partial charge in [-0.3, -0.25) is 4.79 Å². The lowest BCUT2D eigenvalue weighted by Gasteiger charge is -2.15. The molecule has 0 radical (unpaired) electrons. The fourth-order valence-electron chi connectivity index (χ4n) is 2.30. The molecule has 4 heteroatoms. The van der Waals surface area contributed by atoms with E-state index in [0.717, 1.165) is 44.7 Å². The molecule has 19 heavy (non-hydrogen) atoms. The SMILES string of the molecule is CCOCCCNC1CCc2ccccc2NC1=O. The van der Waals surface area contributed by atoms with Crippen LogP contribution < -0.4 is 10.6 Å².